The topological polar surface area (TPSA) is 41.1 Å². The second-order valence-electron chi connectivity index (χ2n) is 6.88. The van der Waals surface area contributed by atoms with Crippen molar-refractivity contribution in [1.82, 2.24) is 10.6 Å². The number of hydrogen-bond acceptors (Lipinski definition) is 2. The van der Waals surface area contributed by atoms with Crippen molar-refractivity contribution in [2.75, 3.05) is 19.6 Å². The van der Waals surface area contributed by atoms with Gasteiger partial charge in [-0.1, -0.05) is 19.1 Å². The first-order chi connectivity index (χ1) is 9.83. The van der Waals surface area contributed by atoms with Crippen LogP contribution in [0.15, 0.2) is 24.3 Å². The van der Waals surface area contributed by atoms with Gasteiger partial charge in [0.25, 0.3) is 0 Å². The maximum atomic E-state index is 13.0. The highest BCUT2D eigenvalue weighted by Crippen LogP contribution is 2.28. The third-order valence-electron chi connectivity index (χ3n) is 4.62. The third kappa shape index (κ3) is 4.43. The summed E-state index contributed by atoms with van der Waals surface area (Å²) in [6.07, 6.45) is 2.15. The lowest BCUT2D eigenvalue weighted by molar-refractivity contribution is -0.126. The Morgan fingerprint density at radius 3 is 2.36 bits per heavy atom. The SMILES string of the molecule is CC1(CNC(=O)C(C)(C)c2ccc(F)cc2)CCNCC1.Cl. The molecule has 1 amide bonds. The molecule has 1 heterocycles. The molecule has 1 saturated heterocycles. The van der Waals surface area contributed by atoms with Gasteiger partial charge in [0, 0.05) is 6.54 Å². The molecule has 0 aliphatic carbocycles. The predicted octanol–water partition coefficient (Wildman–Crippen LogP) is 3.03. The van der Waals surface area contributed by atoms with E-state index in [1.807, 2.05) is 13.8 Å². The molecule has 22 heavy (non-hydrogen) atoms. The number of nitrogens with one attached hydrogen (secondary N) is 2. The van der Waals surface area contributed by atoms with Gasteiger partial charge in [-0.05, 0) is 62.9 Å². The van der Waals surface area contributed by atoms with E-state index in [2.05, 4.69) is 17.6 Å². The molecule has 0 spiro atoms. The second kappa shape index (κ2) is 7.42. The first-order valence-corrected chi connectivity index (χ1v) is 7.59. The van der Waals surface area contributed by atoms with E-state index in [1.54, 1.807) is 12.1 Å². The Morgan fingerprint density at radius 2 is 1.82 bits per heavy atom. The Hall–Kier alpha value is -1.13. The summed E-state index contributed by atoms with van der Waals surface area (Å²) in [5.74, 6) is -0.286. The number of benzene rings is 1. The molecule has 124 valence electrons. The fourth-order valence-electron chi connectivity index (χ4n) is 2.72. The Balaban J connectivity index is 0.00000242. The van der Waals surface area contributed by atoms with Crippen molar-refractivity contribution in [3.63, 3.8) is 0 Å². The maximum absolute atomic E-state index is 13.0. The molecule has 0 saturated carbocycles. The average molecular weight is 329 g/mol. The van der Waals surface area contributed by atoms with Crippen LogP contribution in [0.5, 0.6) is 0 Å². The van der Waals surface area contributed by atoms with Crippen molar-refractivity contribution in [2.24, 2.45) is 5.41 Å². The van der Waals surface area contributed by atoms with Gasteiger partial charge in [0.15, 0.2) is 0 Å². The second-order valence-corrected chi connectivity index (χ2v) is 6.88. The monoisotopic (exact) mass is 328 g/mol. The molecule has 0 radical (unpaired) electrons. The minimum Gasteiger partial charge on any atom is -0.355 e. The Kier molecular flexibility index (Phi) is 6.38. The molecule has 1 fully saturated rings. The van der Waals surface area contributed by atoms with Crippen molar-refractivity contribution >= 4 is 18.3 Å². The lowest BCUT2D eigenvalue weighted by Gasteiger charge is -2.35. The van der Waals surface area contributed by atoms with E-state index < -0.39 is 5.41 Å². The van der Waals surface area contributed by atoms with Crippen LogP contribution in [-0.2, 0) is 10.2 Å². The highest BCUT2D eigenvalue weighted by Gasteiger charge is 2.32. The molecule has 0 aromatic heterocycles. The van der Waals surface area contributed by atoms with Crippen LogP contribution in [0, 0.1) is 11.2 Å². The Bertz CT molecular complexity index is 496. The van der Waals surface area contributed by atoms with Crippen molar-refractivity contribution in [3.8, 4) is 0 Å². The van der Waals surface area contributed by atoms with Gasteiger partial charge in [-0.15, -0.1) is 12.4 Å². The number of piperidine rings is 1. The van der Waals surface area contributed by atoms with E-state index in [-0.39, 0.29) is 29.5 Å². The van der Waals surface area contributed by atoms with Crippen LogP contribution in [0.4, 0.5) is 4.39 Å². The number of halogens is 2. The minimum absolute atomic E-state index is 0. The Labute approximate surface area is 138 Å². The fourth-order valence-corrected chi connectivity index (χ4v) is 2.72. The first-order valence-electron chi connectivity index (χ1n) is 7.59. The minimum atomic E-state index is -0.656. The van der Waals surface area contributed by atoms with Crippen LogP contribution in [0.3, 0.4) is 0 Å². The van der Waals surface area contributed by atoms with E-state index in [1.165, 1.54) is 12.1 Å². The first kappa shape index (κ1) is 18.9. The van der Waals surface area contributed by atoms with Crippen molar-refractivity contribution < 1.29 is 9.18 Å². The molecular weight excluding hydrogens is 303 g/mol. The largest absolute Gasteiger partial charge is 0.355 e. The van der Waals surface area contributed by atoms with Crippen LogP contribution in [0.25, 0.3) is 0 Å². The van der Waals surface area contributed by atoms with E-state index in [0.717, 1.165) is 31.5 Å². The van der Waals surface area contributed by atoms with Gasteiger partial charge in [0.05, 0.1) is 5.41 Å². The zero-order valence-electron chi connectivity index (χ0n) is 13.5. The summed E-state index contributed by atoms with van der Waals surface area (Å²) in [6.45, 7) is 8.68. The summed E-state index contributed by atoms with van der Waals surface area (Å²) >= 11 is 0. The van der Waals surface area contributed by atoms with Gasteiger partial charge >= 0.3 is 0 Å². The van der Waals surface area contributed by atoms with Gasteiger partial charge in [-0.25, -0.2) is 4.39 Å². The molecule has 2 N–H and O–H groups in total. The molecule has 2 rings (SSSR count). The highest BCUT2D eigenvalue weighted by atomic mass is 35.5. The van der Waals surface area contributed by atoms with Crippen LogP contribution in [0.2, 0.25) is 0 Å². The molecule has 1 aromatic carbocycles. The molecule has 0 unspecified atom stereocenters. The van der Waals surface area contributed by atoms with Crippen molar-refractivity contribution in [1.29, 1.82) is 0 Å². The van der Waals surface area contributed by atoms with Crippen molar-refractivity contribution in [3.05, 3.63) is 35.6 Å². The van der Waals surface area contributed by atoms with Gasteiger partial charge in [0.1, 0.15) is 5.82 Å². The van der Waals surface area contributed by atoms with E-state index in [4.69, 9.17) is 0 Å². The summed E-state index contributed by atoms with van der Waals surface area (Å²) in [7, 11) is 0. The predicted molar refractivity (Wildman–Crippen MR) is 89.9 cm³/mol. The average Bonchev–Trinajstić information content (AvgIpc) is 2.46. The molecule has 1 aliphatic rings. The number of carbonyl (C=O) groups is 1. The van der Waals surface area contributed by atoms with Crippen LogP contribution >= 0.6 is 12.4 Å². The summed E-state index contributed by atoms with van der Waals surface area (Å²) in [5, 5.41) is 6.43. The molecular formula is C17H26ClFN2O. The normalized spacial score (nSPS) is 17.5. The molecule has 5 heteroatoms. The number of carbonyl (C=O) groups excluding carboxylic acids is 1. The standard InChI is InChI=1S/C17H25FN2O.ClH/c1-16(2,13-4-6-14(18)7-5-13)15(21)20-12-17(3)8-10-19-11-9-17;/h4-7,19H,8-12H2,1-3H3,(H,20,21);1H. The quantitative estimate of drug-likeness (QED) is 0.892. The highest BCUT2D eigenvalue weighted by molar-refractivity contribution is 5.87. The zero-order chi connectivity index (χ0) is 15.5. The van der Waals surface area contributed by atoms with Crippen LogP contribution in [0.1, 0.15) is 39.2 Å². The van der Waals surface area contributed by atoms with Gasteiger partial charge in [-0.2, -0.15) is 0 Å². The molecule has 3 nitrogen and oxygen atoms in total. The van der Waals surface area contributed by atoms with Crippen molar-refractivity contribution in [2.45, 2.75) is 39.0 Å². The maximum Gasteiger partial charge on any atom is 0.230 e. The van der Waals surface area contributed by atoms with Crippen LogP contribution < -0.4 is 10.6 Å². The van der Waals surface area contributed by atoms with E-state index in [9.17, 15) is 9.18 Å². The lowest BCUT2D eigenvalue weighted by atomic mass is 9.79. The smallest absolute Gasteiger partial charge is 0.230 e. The number of rotatable bonds is 4. The van der Waals surface area contributed by atoms with Gasteiger partial charge < -0.3 is 10.6 Å². The molecule has 1 aliphatic heterocycles. The zero-order valence-corrected chi connectivity index (χ0v) is 14.4. The summed E-state index contributed by atoms with van der Waals surface area (Å²) in [4.78, 5) is 12.5. The fraction of sp³-hybridized carbons (Fsp3) is 0.588. The van der Waals surface area contributed by atoms with E-state index >= 15 is 0 Å². The van der Waals surface area contributed by atoms with Gasteiger partial charge in [-0.3, -0.25) is 4.79 Å². The van der Waals surface area contributed by atoms with E-state index in [0.29, 0.717) is 6.54 Å². The van der Waals surface area contributed by atoms with Crippen LogP contribution in [-0.4, -0.2) is 25.5 Å². The number of amides is 1. The molecule has 1 aromatic rings. The summed E-state index contributed by atoms with van der Waals surface area (Å²) < 4.78 is 13.0. The molecule has 0 bridgehead atoms. The third-order valence-corrected chi connectivity index (χ3v) is 4.62. The Morgan fingerprint density at radius 1 is 1.27 bits per heavy atom. The molecule has 0 atom stereocenters. The number of hydrogen-bond donors (Lipinski definition) is 2. The summed E-state index contributed by atoms with van der Waals surface area (Å²) in [6, 6.07) is 6.17. The summed E-state index contributed by atoms with van der Waals surface area (Å²) in [5.41, 5.74) is 0.341. The lowest BCUT2D eigenvalue weighted by Crippen LogP contribution is -2.47. The van der Waals surface area contributed by atoms with Gasteiger partial charge in [0.2, 0.25) is 5.91 Å².